The van der Waals surface area contributed by atoms with Gasteiger partial charge in [-0.3, -0.25) is 4.79 Å². The maximum atomic E-state index is 12.4. The van der Waals surface area contributed by atoms with Crippen molar-refractivity contribution in [3.63, 3.8) is 0 Å². The Labute approximate surface area is 178 Å². The Balaban J connectivity index is 0.00000256. The summed E-state index contributed by atoms with van der Waals surface area (Å²) in [7, 11) is 2.01. The minimum Gasteiger partial charge on any atom is -0.504 e. The van der Waals surface area contributed by atoms with E-state index in [-0.39, 0.29) is 12.4 Å². The number of hydrogen-bond donors (Lipinski definition) is 4. The third-order valence-corrected chi connectivity index (χ3v) is 5.19. The van der Waals surface area contributed by atoms with Gasteiger partial charge in [-0.2, -0.15) is 0 Å². The van der Waals surface area contributed by atoms with Crippen molar-refractivity contribution in [3.05, 3.63) is 51.4 Å². The van der Waals surface area contributed by atoms with Gasteiger partial charge in [0.05, 0.1) is 5.69 Å². The van der Waals surface area contributed by atoms with Crippen LogP contribution in [0.2, 0.25) is 0 Å². The molecule has 2 aromatic heterocycles. The third kappa shape index (κ3) is 3.55. The molecule has 0 unspecified atom stereocenters. The van der Waals surface area contributed by atoms with Crippen molar-refractivity contribution in [1.29, 1.82) is 0 Å². The van der Waals surface area contributed by atoms with Gasteiger partial charge in [-0.1, -0.05) is 19.1 Å². The second-order valence-electron chi connectivity index (χ2n) is 6.93. The highest BCUT2D eigenvalue weighted by Gasteiger charge is 2.23. The van der Waals surface area contributed by atoms with Crippen molar-refractivity contribution in [2.75, 3.05) is 6.54 Å². The minimum absolute atomic E-state index is 0. The Bertz CT molecular complexity index is 1230. The molecule has 2 heterocycles. The summed E-state index contributed by atoms with van der Waals surface area (Å²) in [6, 6.07) is 6.11. The predicted octanol–water partition coefficient (Wildman–Crippen LogP) is 3.40. The molecule has 0 bridgehead atoms. The summed E-state index contributed by atoms with van der Waals surface area (Å²) in [5.41, 5.74) is 3.93. The lowest BCUT2D eigenvalue weighted by Crippen LogP contribution is -2.17. The number of nitrogens with one attached hydrogen (secondary N) is 2. The highest BCUT2D eigenvalue weighted by Crippen LogP contribution is 2.39. The first-order chi connectivity index (χ1) is 13.9. The molecule has 4 rings (SSSR count). The van der Waals surface area contributed by atoms with Crippen molar-refractivity contribution in [3.8, 4) is 22.8 Å². The molecule has 1 aliphatic rings. The molecule has 3 aromatic rings. The highest BCUT2D eigenvalue weighted by atomic mass is 35.5. The van der Waals surface area contributed by atoms with E-state index in [9.17, 15) is 14.7 Å². The molecule has 0 fully saturated rings. The molecule has 1 aromatic carbocycles. The molecular formula is C21H22ClN3O5. The van der Waals surface area contributed by atoms with Gasteiger partial charge in [0.25, 0.3) is 5.56 Å². The van der Waals surface area contributed by atoms with Crippen LogP contribution in [0.1, 0.15) is 23.7 Å². The predicted molar refractivity (Wildman–Crippen MR) is 117 cm³/mol. The maximum Gasteiger partial charge on any atom is 0.511 e. The lowest BCUT2D eigenvalue weighted by molar-refractivity contribution is 0.142. The van der Waals surface area contributed by atoms with E-state index in [1.54, 1.807) is 0 Å². The number of carboxylic acid groups (broad SMARTS) is 1. The van der Waals surface area contributed by atoms with Crippen LogP contribution in [-0.4, -0.2) is 32.5 Å². The Morgan fingerprint density at radius 1 is 1.33 bits per heavy atom. The van der Waals surface area contributed by atoms with Crippen molar-refractivity contribution in [2.45, 2.75) is 19.9 Å². The Kier molecular flexibility index (Phi) is 5.91. The number of aromatic hydroxyl groups is 1. The number of ether oxygens (including phenoxy) is 1. The summed E-state index contributed by atoms with van der Waals surface area (Å²) < 4.78 is 6.61. The molecule has 1 aliphatic carbocycles. The fourth-order valence-electron chi connectivity index (χ4n) is 3.76. The molecular weight excluding hydrogens is 410 g/mol. The molecule has 0 radical (unpaired) electrons. The molecule has 9 heteroatoms. The third-order valence-electron chi connectivity index (χ3n) is 5.19. The average Bonchev–Trinajstić information content (AvgIpc) is 2.87. The number of hydrogen-bond acceptors (Lipinski definition) is 5. The van der Waals surface area contributed by atoms with E-state index in [0.717, 1.165) is 40.8 Å². The lowest BCUT2D eigenvalue weighted by atomic mass is 9.99. The van der Waals surface area contributed by atoms with E-state index in [2.05, 4.69) is 32.6 Å². The van der Waals surface area contributed by atoms with Crippen molar-refractivity contribution < 1.29 is 19.7 Å². The summed E-state index contributed by atoms with van der Waals surface area (Å²) in [5, 5.41) is 23.7. The monoisotopic (exact) mass is 431 g/mol. The summed E-state index contributed by atoms with van der Waals surface area (Å²) >= 11 is 0. The summed E-state index contributed by atoms with van der Waals surface area (Å²) in [6.45, 7) is 3.67. The number of pyridine rings is 1. The van der Waals surface area contributed by atoms with E-state index in [0.29, 0.717) is 17.7 Å². The number of allylic oxidation sites excluding steroid dienone is 1. The molecule has 4 N–H and O–H groups in total. The summed E-state index contributed by atoms with van der Waals surface area (Å²) in [4.78, 5) is 25.9. The zero-order valence-electron chi connectivity index (χ0n) is 16.5. The zero-order chi connectivity index (χ0) is 20.7. The van der Waals surface area contributed by atoms with Gasteiger partial charge in [0, 0.05) is 41.3 Å². The Morgan fingerprint density at radius 2 is 2.10 bits per heavy atom. The molecule has 0 spiro atoms. The van der Waals surface area contributed by atoms with Crippen molar-refractivity contribution in [2.24, 2.45) is 7.05 Å². The van der Waals surface area contributed by atoms with Gasteiger partial charge in [-0.05, 0) is 36.7 Å². The van der Waals surface area contributed by atoms with Crippen LogP contribution in [-0.2, 0) is 20.0 Å². The minimum atomic E-state index is -1.66. The molecule has 0 atom stereocenters. The topological polar surface area (TPSA) is 117 Å². The standard InChI is InChI=1S/C21H21N3O5.ClH/c1-3-22-10-13-7-12-8-15-11(9-16(12)24(13)2)5-4-6-14-17(15)23-20(26)19(18(14)25)29-21(27)28;/h4-5,7-9,22H,3,6,10H2,1-2H3,(H,27,28)(H2,23,25,26);1H. The van der Waals surface area contributed by atoms with Crippen LogP contribution < -0.4 is 15.6 Å². The number of aromatic nitrogens is 2. The van der Waals surface area contributed by atoms with Crippen LogP contribution >= 0.6 is 12.4 Å². The molecule has 0 saturated heterocycles. The normalized spacial score (nSPS) is 12.1. The van der Waals surface area contributed by atoms with Crippen LogP contribution in [0.5, 0.6) is 11.5 Å². The van der Waals surface area contributed by atoms with E-state index < -0.39 is 23.2 Å². The Hall–Kier alpha value is -3.23. The van der Waals surface area contributed by atoms with Gasteiger partial charge < -0.3 is 29.8 Å². The first-order valence-corrected chi connectivity index (χ1v) is 9.29. The number of aromatic amines is 1. The zero-order valence-corrected chi connectivity index (χ0v) is 17.3. The number of aryl methyl sites for hydroxylation is 1. The number of H-pyrrole nitrogens is 1. The summed E-state index contributed by atoms with van der Waals surface area (Å²) in [5.74, 6) is -1.06. The number of halogens is 1. The number of fused-ring (bicyclic) bond motifs is 4. The van der Waals surface area contributed by atoms with Crippen LogP contribution in [0.25, 0.3) is 28.2 Å². The van der Waals surface area contributed by atoms with Crippen molar-refractivity contribution in [1.82, 2.24) is 14.9 Å². The molecule has 8 nitrogen and oxygen atoms in total. The average molecular weight is 432 g/mol. The maximum absolute atomic E-state index is 12.4. The molecule has 158 valence electrons. The largest absolute Gasteiger partial charge is 0.511 e. The lowest BCUT2D eigenvalue weighted by Gasteiger charge is -2.13. The van der Waals surface area contributed by atoms with Crippen LogP contribution in [0.4, 0.5) is 4.79 Å². The van der Waals surface area contributed by atoms with Gasteiger partial charge in [0.15, 0.2) is 5.75 Å². The van der Waals surface area contributed by atoms with Gasteiger partial charge in [-0.25, -0.2) is 4.79 Å². The smallest absolute Gasteiger partial charge is 0.504 e. The van der Waals surface area contributed by atoms with E-state index in [1.807, 2.05) is 31.3 Å². The van der Waals surface area contributed by atoms with Gasteiger partial charge in [0.1, 0.15) is 0 Å². The van der Waals surface area contributed by atoms with Crippen LogP contribution in [0, 0.1) is 0 Å². The van der Waals surface area contributed by atoms with Crippen molar-refractivity contribution >= 4 is 35.5 Å². The van der Waals surface area contributed by atoms with E-state index in [4.69, 9.17) is 5.11 Å². The van der Waals surface area contributed by atoms with Gasteiger partial charge in [-0.15, -0.1) is 12.4 Å². The molecule has 0 aliphatic heterocycles. The number of benzene rings is 1. The first kappa shape index (κ1) is 21.5. The SMILES string of the molecule is CCNCc1cc2cc3c(cc2n1C)C=CCc1c-3[nH]c(=O)c(OC(=O)O)c1O.Cl. The molecule has 0 saturated carbocycles. The highest BCUT2D eigenvalue weighted by molar-refractivity contribution is 5.92. The summed E-state index contributed by atoms with van der Waals surface area (Å²) in [6.07, 6.45) is 2.46. The van der Waals surface area contributed by atoms with Crippen LogP contribution in [0.15, 0.2) is 29.1 Å². The second kappa shape index (κ2) is 8.25. The van der Waals surface area contributed by atoms with Gasteiger partial charge >= 0.3 is 6.16 Å². The molecule has 30 heavy (non-hydrogen) atoms. The fraction of sp³-hybridized carbons (Fsp3) is 0.238. The van der Waals surface area contributed by atoms with Crippen LogP contribution in [0.3, 0.4) is 0 Å². The molecule has 0 amide bonds. The number of nitrogens with zero attached hydrogens (tertiary/aromatic N) is 1. The van der Waals surface area contributed by atoms with Gasteiger partial charge in [0.2, 0.25) is 5.75 Å². The first-order valence-electron chi connectivity index (χ1n) is 9.29. The van der Waals surface area contributed by atoms with E-state index in [1.165, 1.54) is 0 Å². The van der Waals surface area contributed by atoms with E-state index >= 15 is 0 Å². The number of carbonyl (C=O) groups is 1. The second-order valence-corrected chi connectivity index (χ2v) is 6.93. The fourth-order valence-corrected chi connectivity index (χ4v) is 3.76. The quantitative estimate of drug-likeness (QED) is 0.470. The number of rotatable bonds is 4. The Morgan fingerprint density at radius 3 is 2.80 bits per heavy atom.